The largest absolute Gasteiger partial charge is 0.322 e. The first-order valence-corrected chi connectivity index (χ1v) is 9.06. The van der Waals surface area contributed by atoms with Crippen molar-refractivity contribution in [1.29, 1.82) is 0 Å². The number of carbonyl (C=O) groups is 1. The normalized spacial score (nSPS) is 17.1. The molecule has 2 heterocycles. The molecule has 0 fully saturated rings. The molecule has 132 valence electrons. The van der Waals surface area contributed by atoms with E-state index in [-0.39, 0.29) is 5.91 Å². The van der Waals surface area contributed by atoms with Gasteiger partial charge in [0.15, 0.2) is 5.82 Å². The molecule has 2 aromatic rings. The summed E-state index contributed by atoms with van der Waals surface area (Å²) in [5.41, 5.74) is 5.35. The van der Waals surface area contributed by atoms with Crippen molar-refractivity contribution in [2.24, 2.45) is 0 Å². The fourth-order valence-electron chi connectivity index (χ4n) is 3.59. The van der Waals surface area contributed by atoms with Crippen molar-refractivity contribution in [2.45, 2.75) is 32.7 Å². The van der Waals surface area contributed by atoms with Crippen LogP contribution in [0.2, 0.25) is 0 Å². The Balaban J connectivity index is 1.66. The number of nitrogens with zero attached hydrogens (tertiary/aromatic N) is 3. The van der Waals surface area contributed by atoms with E-state index >= 15 is 0 Å². The molecular formula is C22H23N3O. The molecule has 0 saturated carbocycles. The van der Waals surface area contributed by atoms with Gasteiger partial charge in [0.2, 0.25) is 0 Å². The minimum atomic E-state index is -0.0574. The summed E-state index contributed by atoms with van der Waals surface area (Å²) in [7, 11) is 0. The number of fused-ring (bicyclic) bond motifs is 1. The van der Waals surface area contributed by atoms with E-state index in [2.05, 4.69) is 29.8 Å². The van der Waals surface area contributed by atoms with Crippen LogP contribution in [0.25, 0.3) is 0 Å². The monoisotopic (exact) mass is 345 g/mol. The number of carbonyl (C=O) groups excluding carboxylic acids is 1. The topological polar surface area (TPSA) is 38.1 Å². The third kappa shape index (κ3) is 3.27. The number of imidazole rings is 1. The maximum atomic E-state index is 13.2. The van der Waals surface area contributed by atoms with Crippen LogP contribution in [0.5, 0.6) is 0 Å². The molecule has 0 N–H and O–H groups in total. The molecule has 1 amide bonds. The zero-order valence-corrected chi connectivity index (χ0v) is 15.1. The quantitative estimate of drug-likeness (QED) is 0.781. The van der Waals surface area contributed by atoms with E-state index in [9.17, 15) is 4.79 Å². The lowest BCUT2D eigenvalue weighted by Crippen LogP contribution is -2.32. The zero-order chi connectivity index (χ0) is 18.1. The van der Waals surface area contributed by atoms with E-state index in [4.69, 9.17) is 0 Å². The van der Waals surface area contributed by atoms with Crippen molar-refractivity contribution in [3.63, 3.8) is 0 Å². The number of hydrogen-bond acceptors (Lipinski definition) is 2. The zero-order valence-electron chi connectivity index (χ0n) is 15.1. The molecule has 1 aromatic heterocycles. The second-order valence-electron chi connectivity index (χ2n) is 7.13. The number of anilines is 1. The predicted octanol–water partition coefficient (Wildman–Crippen LogP) is 4.23. The molecule has 4 heteroatoms. The summed E-state index contributed by atoms with van der Waals surface area (Å²) < 4.78 is 1.95. The third-order valence-electron chi connectivity index (χ3n) is 4.86. The molecule has 0 spiro atoms. The third-order valence-corrected chi connectivity index (χ3v) is 4.86. The smallest absolute Gasteiger partial charge is 0.294 e. The predicted molar refractivity (Wildman–Crippen MR) is 104 cm³/mol. The van der Waals surface area contributed by atoms with Gasteiger partial charge >= 0.3 is 0 Å². The van der Waals surface area contributed by atoms with Crippen LogP contribution in [0, 0.1) is 6.92 Å². The molecule has 1 aliphatic heterocycles. The van der Waals surface area contributed by atoms with Gasteiger partial charge in [0.05, 0.1) is 5.69 Å². The van der Waals surface area contributed by atoms with E-state index in [1.54, 1.807) is 4.90 Å². The van der Waals surface area contributed by atoms with Crippen LogP contribution < -0.4 is 4.90 Å². The number of allylic oxidation sites excluding steroid dienone is 4. The molecule has 4 rings (SSSR count). The maximum absolute atomic E-state index is 13.2. The lowest BCUT2D eigenvalue weighted by atomic mass is 10.0. The van der Waals surface area contributed by atoms with E-state index < -0.39 is 0 Å². The van der Waals surface area contributed by atoms with Gasteiger partial charge in [-0.1, -0.05) is 42.5 Å². The molecule has 1 aromatic carbocycles. The number of hydrogen-bond donors (Lipinski definition) is 0. The molecule has 2 aliphatic rings. The molecule has 0 unspecified atom stereocenters. The van der Waals surface area contributed by atoms with Crippen molar-refractivity contribution in [1.82, 2.24) is 9.55 Å². The Kier molecular flexibility index (Phi) is 4.33. The average molecular weight is 345 g/mol. The highest BCUT2D eigenvalue weighted by Crippen LogP contribution is 2.24. The summed E-state index contributed by atoms with van der Waals surface area (Å²) in [5, 5.41) is 0. The Labute approximate surface area is 154 Å². The van der Waals surface area contributed by atoms with Crippen molar-refractivity contribution >= 4 is 11.6 Å². The summed E-state index contributed by atoms with van der Waals surface area (Å²) in [6.45, 7) is 7.36. The van der Waals surface area contributed by atoms with E-state index in [0.29, 0.717) is 18.9 Å². The summed E-state index contributed by atoms with van der Waals surface area (Å²) in [5.74, 6) is 0.449. The second-order valence-corrected chi connectivity index (χ2v) is 7.13. The number of amides is 1. The Morgan fingerprint density at radius 2 is 2.15 bits per heavy atom. The van der Waals surface area contributed by atoms with Gasteiger partial charge in [-0.3, -0.25) is 4.79 Å². The van der Waals surface area contributed by atoms with Crippen LogP contribution in [0.4, 0.5) is 5.69 Å². The SMILES string of the molecule is C=C1CN(c2cccc(C)c2)C(=O)c2nc(CC3=CC=CCC3)cn2C1. The van der Waals surface area contributed by atoms with Crippen LogP contribution >= 0.6 is 0 Å². The highest BCUT2D eigenvalue weighted by Gasteiger charge is 2.27. The fraction of sp³-hybridized carbons (Fsp3) is 0.273. The standard InChI is InChI=1S/C22H23N3O/c1-16-7-6-10-20(11-16)25-14-17(2)13-24-15-19(23-21(24)22(25)26)12-18-8-4-3-5-9-18/h3-4,6-8,10-11,15H,2,5,9,12-14H2,1H3. The molecule has 0 saturated heterocycles. The molecule has 26 heavy (non-hydrogen) atoms. The van der Waals surface area contributed by atoms with Crippen LogP contribution in [0.3, 0.4) is 0 Å². The van der Waals surface area contributed by atoms with Gasteiger partial charge in [-0.2, -0.15) is 0 Å². The Morgan fingerprint density at radius 3 is 2.92 bits per heavy atom. The van der Waals surface area contributed by atoms with Crippen LogP contribution in [0.15, 0.2) is 66.4 Å². The second kappa shape index (κ2) is 6.79. The lowest BCUT2D eigenvalue weighted by molar-refractivity contribution is 0.0979. The van der Waals surface area contributed by atoms with Gasteiger partial charge in [0.25, 0.3) is 5.91 Å². The first kappa shape index (κ1) is 16.6. The van der Waals surface area contributed by atoms with Crippen molar-refractivity contribution in [2.75, 3.05) is 11.4 Å². The molecule has 0 bridgehead atoms. The molecule has 0 radical (unpaired) electrons. The first-order chi connectivity index (χ1) is 12.6. The maximum Gasteiger partial charge on any atom is 0.294 e. The van der Waals surface area contributed by atoms with E-state index in [1.807, 2.05) is 42.0 Å². The molecule has 1 aliphatic carbocycles. The number of aromatic nitrogens is 2. The van der Waals surface area contributed by atoms with Gasteiger partial charge < -0.3 is 9.47 Å². The lowest BCUT2D eigenvalue weighted by Gasteiger charge is -2.21. The fourth-order valence-corrected chi connectivity index (χ4v) is 3.59. The first-order valence-electron chi connectivity index (χ1n) is 9.06. The van der Waals surface area contributed by atoms with Crippen LogP contribution in [-0.4, -0.2) is 22.0 Å². The summed E-state index contributed by atoms with van der Waals surface area (Å²) in [4.78, 5) is 19.6. The Bertz CT molecular complexity index is 933. The van der Waals surface area contributed by atoms with Gasteiger partial charge in [-0.05, 0) is 43.0 Å². The minimum absolute atomic E-state index is 0.0574. The number of aryl methyl sites for hydroxylation is 1. The van der Waals surface area contributed by atoms with E-state index in [1.165, 1.54) is 5.57 Å². The Hall–Kier alpha value is -2.88. The molecule has 0 atom stereocenters. The summed E-state index contributed by atoms with van der Waals surface area (Å²) in [6, 6.07) is 8.01. The van der Waals surface area contributed by atoms with Gasteiger partial charge in [-0.25, -0.2) is 4.98 Å². The summed E-state index contributed by atoms with van der Waals surface area (Å²) >= 11 is 0. The average Bonchev–Trinajstić information content (AvgIpc) is 2.97. The molecular weight excluding hydrogens is 322 g/mol. The minimum Gasteiger partial charge on any atom is -0.322 e. The summed E-state index contributed by atoms with van der Waals surface area (Å²) in [6.07, 6.45) is 11.4. The van der Waals surface area contributed by atoms with Crippen LogP contribution in [0.1, 0.15) is 34.7 Å². The molecule has 4 nitrogen and oxygen atoms in total. The van der Waals surface area contributed by atoms with Crippen molar-refractivity contribution in [3.05, 3.63) is 83.5 Å². The van der Waals surface area contributed by atoms with Gasteiger partial charge in [0.1, 0.15) is 0 Å². The highest BCUT2D eigenvalue weighted by atomic mass is 16.2. The van der Waals surface area contributed by atoms with Crippen molar-refractivity contribution in [3.8, 4) is 0 Å². The highest BCUT2D eigenvalue weighted by molar-refractivity contribution is 6.04. The van der Waals surface area contributed by atoms with E-state index in [0.717, 1.165) is 41.8 Å². The number of rotatable bonds is 3. The van der Waals surface area contributed by atoms with Crippen molar-refractivity contribution < 1.29 is 4.79 Å². The van der Waals surface area contributed by atoms with Gasteiger partial charge in [0, 0.05) is 31.4 Å². The Morgan fingerprint density at radius 1 is 1.27 bits per heavy atom. The van der Waals surface area contributed by atoms with Gasteiger partial charge in [-0.15, -0.1) is 0 Å². The van der Waals surface area contributed by atoms with Crippen LogP contribution in [-0.2, 0) is 13.0 Å². The number of benzene rings is 1.